The molecule has 0 spiro atoms. The molecule has 78 valence electrons. The van der Waals surface area contributed by atoms with E-state index in [1.165, 1.54) is 25.3 Å². The Morgan fingerprint density at radius 2 is 2.07 bits per heavy atom. The summed E-state index contributed by atoms with van der Waals surface area (Å²) in [5.41, 5.74) is 5.57. The molecule has 2 N–H and O–H groups in total. The number of hydrogen-bond donors (Lipinski definition) is 1. The molecule has 1 aromatic carbocycles. The average molecular weight is 222 g/mol. The Morgan fingerprint density at radius 3 is 2.57 bits per heavy atom. The number of nitrogens with two attached hydrogens (primary N) is 1. The molecule has 1 rings (SSSR count). The number of alkyl halides is 2. The van der Waals surface area contributed by atoms with Gasteiger partial charge in [0.15, 0.2) is 0 Å². The van der Waals surface area contributed by atoms with Gasteiger partial charge >= 0.3 is 0 Å². The molecule has 0 saturated heterocycles. The van der Waals surface area contributed by atoms with Crippen LogP contribution in [-0.2, 0) is 0 Å². The second-order valence-electron chi connectivity index (χ2n) is 2.75. The zero-order valence-corrected chi connectivity index (χ0v) is 8.26. The Labute approximate surface area is 85.6 Å². The SMILES string of the molecule is COc1cc([C@H](N)C(F)F)ccc1Cl. The van der Waals surface area contributed by atoms with E-state index in [0.29, 0.717) is 16.3 Å². The normalized spacial score (nSPS) is 13.0. The first-order chi connectivity index (χ1) is 6.56. The van der Waals surface area contributed by atoms with Gasteiger partial charge in [-0.05, 0) is 17.7 Å². The van der Waals surface area contributed by atoms with Crippen LogP contribution in [0.2, 0.25) is 5.02 Å². The van der Waals surface area contributed by atoms with Crippen LogP contribution in [0, 0.1) is 0 Å². The van der Waals surface area contributed by atoms with Gasteiger partial charge in [-0.1, -0.05) is 17.7 Å². The van der Waals surface area contributed by atoms with E-state index >= 15 is 0 Å². The monoisotopic (exact) mass is 221 g/mol. The highest BCUT2D eigenvalue weighted by Gasteiger charge is 2.18. The van der Waals surface area contributed by atoms with Crippen molar-refractivity contribution in [3.05, 3.63) is 28.8 Å². The molecule has 0 heterocycles. The molecule has 0 aliphatic rings. The van der Waals surface area contributed by atoms with Gasteiger partial charge in [-0.2, -0.15) is 0 Å². The molecule has 0 bridgehead atoms. The molecule has 2 nitrogen and oxygen atoms in total. The molecule has 0 aromatic heterocycles. The molecule has 14 heavy (non-hydrogen) atoms. The first-order valence-corrected chi connectivity index (χ1v) is 4.31. The van der Waals surface area contributed by atoms with Gasteiger partial charge in [0.25, 0.3) is 6.43 Å². The van der Waals surface area contributed by atoms with Crippen LogP contribution >= 0.6 is 11.6 Å². The lowest BCUT2D eigenvalue weighted by atomic mass is 10.1. The van der Waals surface area contributed by atoms with Crippen molar-refractivity contribution in [1.29, 1.82) is 0 Å². The van der Waals surface area contributed by atoms with E-state index in [9.17, 15) is 8.78 Å². The van der Waals surface area contributed by atoms with Crippen molar-refractivity contribution >= 4 is 11.6 Å². The number of methoxy groups -OCH3 is 1. The molecule has 0 fully saturated rings. The molecule has 0 saturated carbocycles. The maximum atomic E-state index is 12.3. The zero-order valence-electron chi connectivity index (χ0n) is 7.51. The summed E-state index contributed by atoms with van der Waals surface area (Å²) in [7, 11) is 1.42. The summed E-state index contributed by atoms with van der Waals surface area (Å²) >= 11 is 5.73. The van der Waals surface area contributed by atoms with E-state index in [-0.39, 0.29) is 0 Å². The molecule has 0 radical (unpaired) electrons. The van der Waals surface area contributed by atoms with Crippen molar-refractivity contribution in [3.8, 4) is 5.75 Å². The Kier molecular flexibility index (Phi) is 3.66. The fraction of sp³-hybridized carbons (Fsp3) is 0.333. The Balaban J connectivity index is 3.00. The van der Waals surface area contributed by atoms with Crippen LogP contribution in [-0.4, -0.2) is 13.5 Å². The maximum Gasteiger partial charge on any atom is 0.257 e. The lowest BCUT2D eigenvalue weighted by Gasteiger charge is -2.12. The first-order valence-electron chi connectivity index (χ1n) is 3.93. The van der Waals surface area contributed by atoms with Gasteiger partial charge in [-0.15, -0.1) is 0 Å². The van der Waals surface area contributed by atoms with Crippen LogP contribution in [0.1, 0.15) is 11.6 Å². The molecule has 0 aliphatic carbocycles. The quantitative estimate of drug-likeness (QED) is 0.852. The molecule has 0 unspecified atom stereocenters. The van der Waals surface area contributed by atoms with Gasteiger partial charge in [0.1, 0.15) is 5.75 Å². The van der Waals surface area contributed by atoms with E-state index in [1.807, 2.05) is 0 Å². The van der Waals surface area contributed by atoms with Crippen LogP contribution in [0.3, 0.4) is 0 Å². The molecule has 0 aliphatic heterocycles. The molecule has 5 heteroatoms. The highest BCUT2D eigenvalue weighted by molar-refractivity contribution is 6.32. The number of ether oxygens (including phenoxy) is 1. The first kappa shape index (κ1) is 11.2. The van der Waals surface area contributed by atoms with Crippen LogP contribution in [0.15, 0.2) is 18.2 Å². The van der Waals surface area contributed by atoms with Crippen molar-refractivity contribution in [2.75, 3.05) is 7.11 Å². The number of hydrogen-bond acceptors (Lipinski definition) is 2. The standard InChI is InChI=1S/C9H10ClF2NO/c1-14-7-4-5(2-3-6(7)10)8(13)9(11)12/h2-4,8-9H,13H2,1H3/t8-/m0/s1. The molecular formula is C9H10ClF2NO. The molecule has 1 aromatic rings. The van der Waals surface area contributed by atoms with Crippen molar-refractivity contribution in [1.82, 2.24) is 0 Å². The third-order valence-corrected chi connectivity index (χ3v) is 2.14. The minimum absolute atomic E-state index is 0.307. The zero-order chi connectivity index (χ0) is 10.7. The van der Waals surface area contributed by atoms with Crippen LogP contribution in [0.25, 0.3) is 0 Å². The topological polar surface area (TPSA) is 35.2 Å². The van der Waals surface area contributed by atoms with Crippen molar-refractivity contribution in [2.24, 2.45) is 5.73 Å². The third-order valence-electron chi connectivity index (χ3n) is 1.83. The van der Waals surface area contributed by atoms with Crippen molar-refractivity contribution < 1.29 is 13.5 Å². The number of benzene rings is 1. The highest BCUT2D eigenvalue weighted by Crippen LogP contribution is 2.28. The van der Waals surface area contributed by atoms with Gasteiger partial charge in [0.05, 0.1) is 18.2 Å². The summed E-state index contributed by atoms with van der Waals surface area (Å²) in [4.78, 5) is 0. The highest BCUT2D eigenvalue weighted by atomic mass is 35.5. The van der Waals surface area contributed by atoms with Crippen LogP contribution in [0.5, 0.6) is 5.75 Å². The summed E-state index contributed by atoms with van der Waals surface area (Å²) in [6, 6.07) is 3.06. The van der Waals surface area contributed by atoms with E-state index in [2.05, 4.69) is 0 Å². The Bertz CT molecular complexity index is 320. The summed E-state index contributed by atoms with van der Waals surface area (Å²) in [6.45, 7) is 0. The summed E-state index contributed by atoms with van der Waals surface area (Å²) in [6.07, 6.45) is -2.60. The van der Waals surface area contributed by atoms with E-state index in [1.54, 1.807) is 0 Å². The van der Waals surface area contributed by atoms with Crippen LogP contribution < -0.4 is 10.5 Å². The summed E-state index contributed by atoms with van der Waals surface area (Å²) in [5, 5.41) is 0.373. The minimum atomic E-state index is -2.60. The fourth-order valence-corrected chi connectivity index (χ4v) is 1.22. The summed E-state index contributed by atoms with van der Waals surface area (Å²) < 4.78 is 29.4. The Hall–Kier alpha value is -0.870. The lowest BCUT2D eigenvalue weighted by Crippen LogP contribution is -2.18. The fourth-order valence-electron chi connectivity index (χ4n) is 1.03. The third kappa shape index (κ3) is 2.33. The van der Waals surface area contributed by atoms with Gasteiger partial charge in [0, 0.05) is 0 Å². The predicted octanol–water partition coefficient (Wildman–Crippen LogP) is 2.61. The van der Waals surface area contributed by atoms with E-state index < -0.39 is 12.5 Å². The second-order valence-corrected chi connectivity index (χ2v) is 3.16. The Morgan fingerprint density at radius 1 is 1.43 bits per heavy atom. The molecule has 1 atom stereocenters. The van der Waals surface area contributed by atoms with E-state index in [0.717, 1.165) is 0 Å². The van der Waals surface area contributed by atoms with Gasteiger partial charge in [-0.25, -0.2) is 8.78 Å². The average Bonchev–Trinajstić information content (AvgIpc) is 2.17. The van der Waals surface area contributed by atoms with Gasteiger partial charge < -0.3 is 10.5 Å². The number of rotatable bonds is 3. The maximum absolute atomic E-state index is 12.3. The van der Waals surface area contributed by atoms with Gasteiger partial charge in [0.2, 0.25) is 0 Å². The lowest BCUT2D eigenvalue weighted by molar-refractivity contribution is 0.116. The molecular weight excluding hydrogens is 212 g/mol. The minimum Gasteiger partial charge on any atom is -0.495 e. The summed E-state index contributed by atoms with van der Waals surface area (Å²) in [5.74, 6) is 0.347. The van der Waals surface area contributed by atoms with Crippen molar-refractivity contribution in [2.45, 2.75) is 12.5 Å². The smallest absolute Gasteiger partial charge is 0.257 e. The van der Waals surface area contributed by atoms with Crippen LogP contribution in [0.4, 0.5) is 8.78 Å². The number of halogens is 3. The van der Waals surface area contributed by atoms with E-state index in [4.69, 9.17) is 22.1 Å². The predicted molar refractivity (Wildman–Crippen MR) is 50.9 cm³/mol. The largest absolute Gasteiger partial charge is 0.495 e. The molecule has 0 amide bonds. The van der Waals surface area contributed by atoms with Crippen molar-refractivity contribution in [3.63, 3.8) is 0 Å². The second kappa shape index (κ2) is 4.57. The van der Waals surface area contributed by atoms with Gasteiger partial charge in [-0.3, -0.25) is 0 Å².